The van der Waals surface area contributed by atoms with Gasteiger partial charge in [0.25, 0.3) is 0 Å². The third-order valence-electron chi connectivity index (χ3n) is 10.5. The Kier molecular flexibility index (Phi) is 5.72. The molecular formula is C24H44N4. The maximum atomic E-state index is 5.53. The van der Waals surface area contributed by atoms with Gasteiger partial charge in [0, 0.05) is 6.42 Å². The second-order valence-electron chi connectivity index (χ2n) is 11.4. The van der Waals surface area contributed by atoms with Crippen molar-refractivity contribution in [2.24, 2.45) is 63.1 Å². The molecule has 0 aromatic rings. The van der Waals surface area contributed by atoms with Crippen LogP contribution < -0.4 is 17.1 Å². The Morgan fingerprint density at radius 1 is 1.00 bits per heavy atom. The molecule has 7 unspecified atom stereocenters. The Morgan fingerprint density at radius 2 is 1.79 bits per heavy atom. The maximum absolute atomic E-state index is 5.53. The first kappa shape index (κ1) is 20.5. The smallest absolute Gasteiger partial charge is 0.135 e. The number of amidine groups is 1. The molecule has 0 saturated heterocycles. The van der Waals surface area contributed by atoms with Crippen molar-refractivity contribution in [1.82, 2.24) is 5.43 Å². The van der Waals surface area contributed by atoms with Crippen LogP contribution in [0, 0.1) is 46.3 Å². The number of fused-ring (bicyclic) bond motifs is 5. The molecule has 160 valence electrons. The summed E-state index contributed by atoms with van der Waals surface area (Å²) in [5.74, 6) is 17.3. The highest BCUT2D eigenvalue weighted by atomic mass is 15.3. The van der Waals surface area contributed by atoms with Crippen molar-refractivity contribution in [1.29, 1.82) is 0 Å². The van der Waals surface area contributed by atoms with E-state index < -0.39 is 0 Å². The average Bonchev–Trinajstić information content (AvgIpc) is 3.05. The third kappa shape index (κ3) is 3.18. The monoisotopic (exact) mass is 388 g/mol. The van der Waals surface area contributed by atoms with Crippen LogP contribution in [-0.2, 0) is 0 Å². The third-order valence-corrected chi connectivity index (χ3v) is 10.5. The van der Waals surface area contributed by atoms with Gasteiger partial charge in [-0.2, -0.15) is 5.10 Å². The fourth-order valence-corrected chi connectivity index (χ4v) is 9.01. The fraction of sp³-hybridized carbons (Fsp3) is 0.958. The van der Waals surface area contributed by atoms with Gasteiger partial charge in [0.05, 0.1) is 0 Å². The molecule has 4 rings (SSSR count). The number of rotatable bonds is 4. The van der Waals surface area contributed by atoms with E-state index in [1.165, 1.54) is 64.2 Å². The van der Waals surface area contributed by atoms with E-state index >= 15 is 0 Å². The number of hydrogen-bond acceptors (Lipinski definition) is 3. The molecule has 4 nitrogen and oxygen atoms in total. The lowest BCUT2D eigenvalue weighted by Gasteiger charge is -2.61. The maximum Gasteiger partial charge on any atom is 0.135 e. The minimum Gasteiger partial charge on any atom is -0.322 e. The quantitative estimate of drug-likeness (QED) is 0.268. The van der Waals surface area contributed by atoms with Crippen LogP contribution in [-0.4, -0.2) is 5.84 Å². The molecule has 28 heavy (non-hydrogen) atoms. The Bertz CT molecular complexity index is 589. The molecule has 0 heterocycles. The number of nitrogens with one attached hydrogen (secondary N) is 1. The predicted octanol–water partition coefficient (Wildman–Crippen LogP) is 5.19. The van der Waals surface area contributed by atoms with Crippen LogP contribution in [0.15, 0.2) is 5.10 Å². The molecule has 4 fully saturated rings. The van der Waals surface area contributed by atoms with Crippen molar-refractivity contribution in [3.63, 3.8) is 0 Å². The van der Waals surface area contributed by atoms with E-state index in [-0.39, 0.29) is 0 Å². The summed E-state index contributed by atoms with van der Waals surface area (Å²) in [7, 11) is 0. The number of hydrazone groups is 1. The van der Waals surface area contributed by atoms with Gasteiger partial charge in [-0.25, -0.2) is 5.84 Å². The second-order valence-corrected chi connectivity index (χ2v) is 11.4. The van der Waals surface area contributed by atoms with Gasteiger partial charge in [0.1, 0.15) is 5.84 Å². The van der Waals surface area contributed by atoms with Crippen LogP contribution in [0.4, 0.5) is 0 Å². The van der Waals surface area contributed by atoms with Crippen LogP contribution >= 0.6 is 0 Å². The van der Waals surface area contributed by atoms with Gasteiger partial charge < -0.3 is 11.3 Å². The van der Waals surface area contributed by atoms with Crippen molar-refractivity contribution in [3.05, 3.63) is 0 Å². The minimum absolute atomic E-state index is 0.550. The zero-order valence-corrected chi connectivity index (χ0v) is 18.6. The van der Waals surface area contributed by atoms with E-state index in [1.807, 2.05) is 0 Å². The zero-order chi connectivity index (χ0) is 19.9. The summed E-state index contributed by atoms with van der Waals surface area (Å²) in [6.07, 6.45) is 16.9. The molecule has 0 spiro atoms. The first-order valence-corrected chi connectivity index (χ1v) is 12.2. The van der Waals surface area contributed by atoms with Crippen molar-refractivity contribution in [2.75, 3.05) is 0 Å². The first-order valence-electron chi connectivity index (χ1n) is 12.2. The lowest BCUT2D eigenvalue weighted by Crippen LogP contribution is -2.53. The Labute approximate surface area is 172 Å². The Hall–Kier alpha value is -0.770. The number of nitrogens with two attached hydrogens (primary N) is 2. The minimum atomic E-state index is 0.550. The fourth-order valence-electron chi connectivity index (χ4n) is 9.01. The van der Waals surface area contributed by atoms with Gasteiger partial charge in [-0.1, -0.05) is 33.6 Å². The summed E-state index contributed by atoms with van der Waals surface area (Å²) >= 11 is 0. The van der Waals surface area contributed by atoms with E-state index in [2.05, 4.69) is 31.3 Å². The predicted molar refractivity (Wildman–Crippen MR) is 117 cm³/mol. The van der Waals surface area contributed by atoms with Gasteiger partial charge >= 0.3 is 0 Å². The average molecular weight is 389 g/mol. The summed E-state index contributed by atoms with van der Waals surface area (Å²) in [6.45, 7) is 7.82. The number of hydrogen-bond donors (Lipinski definition) is 3. The largest absolute Gasteiger partial charge is 0.322 e. The van der Waals surface area contributed by atoms with Crippen molar-refractivity contribution in [3.8, 4) is 0 Å². The highest BCUT2D eigenvalue weighted by molar-refractivity contribution is 5.81. The Balaban J connectivity index is 1.47. The van der Waals surface area contributed by atoms with Crippen LogP contribution in [0.1, 0.15) is 97.8 Å². The molecule has 4 saturated carbocycles. The summed E-state index contributed by atoms with van der Waals surface area (Å²) in [5, 5.41) is 3.78. The first-order chi connectivity index (χ1) is 13.4. The van der Waals surface area contributed by atoms with Gasteiger partial charge in [-0.05, 0) is 104 Å². The van der Waals surface area contributed by atoms with E-state index in [0.29, 0.717) is 10.8 Å². The number of hydrazine groups is 1. The summed E-state index contributed by atoms with van der Waals surface area (Å²) in [5.41, 5.74) is 3.86. The lowest BCUT2D eigenvalue weighted by atomic mass is 9.44. The molecule has 5 N–H and O–H groups in total. The van der Waals surface area contributed by atoms with E-state index in [0.717, 1.165) is 54.2 Å². The molecule has 4 aliphatic carbocycles. The SMILES string of the molecule is C[C@H](CC/C(=N/N)NN)C1CCC2C3CCC4CCCCC4(C)C3CCC21C. The van der Waals surface area contributed by atoms with Crippen LogP contribution in [0.3, 0.4) is 0 Å². The summed E-state index contributed by atoms with van der Waals surface area (Å²) < 4.78 is 0. The standard InChI is InChI=1S/C24H44N4/c1-16(7-12-22(27-25)28-26)19-10-11-20-18-9-8-17-6-4-5-14-23(17,2)21(18)13-15-24(19,20)3/h16-21H,4-15,25-26H2,1-3H3,(H,27,28)/t16-,17?,18?,19?,20?,21?,23?,24?/m1/s1. The molecule has 0 aliphatic heterocycles. The Morgan fingerprint density at radius 3 is 2.54 bits per heavy atom. The van der Waals surface area contributed by atoms with Gasteiger partial charge in [0.15, 0.2) is 0 Å². The van der Waals surface area contributed by atoms with Gasteiger partial charge in [-0.15, -0.1) is 0 Å². The van der Waals surface area contributed by atoms with Crippen LogP contribution in [0.2, 0.25) is 0 Å². The molecular weight excluding hydrogens is 344 g/mol. The lowest BCUT2D eigenvalue weighted by molar-refractivity contribution is -0.114. The van der Waals surface area contributed by atoms with E-state index in [9.17, 15) is 0 Å². The molecule has 0 aromatic carbocycles. The van der Waals surface area contributed by atoms with E-state index in [4.69, 9.17) is 11.7 Å². The number of nitrogens with zero attached hydrogens (tertiary/aromatic N) is 1. The molecule has 4 aliphatic rings. The molecule has 0 radical (unpaired) electrons. The van der Waals surface area contributed by atoms with Gasteiger partial charge in [0.2, 0.25) is 0 Å². The molecule has 0 bridgehead atoms. The highest BCUT2D eigenvalue weighted by Gasteiger charge is 2.60. The molecule has 0 amide bonds. The molecule has 8 atom stereocenters. The summed E-state index contributed by atoms with van der Waals surface area (Å²) in [4.78, 5) is 0. The highest BCUT2D eigenvalue weighted by Crippen LogP contribution is 2.68. The summed E-state index contributed by atoms with van der Waals surface area (Å²) in [6, 6.07) is 0. The van der Waals surface area contributed by atoms with Crippen molar-refractivity contribution < 1.29 is 0 Å². The zero-order valence-electron chi connectivity index (χ0n) is 18.6. The topological polar surface area (TPSA) is 76.4 Å². The normalized spacial score (nSPS) is 47.0. The van der Waals surface area contributed by atoms with Crippen LogP contribution in [0.25, 0.3) is 0 Å². The second kappa shape index (κ2) is 7.81. The van der Waals surface area contributed by atoms with Gasteiger partial charge in [-0.3, -0.25) is 0 Å². The van der Waals surface area contributed by atoms with Crippen molar-refractivity contribution in [2.45, 2.75) is 97.8 Å². The van der Waals surface area contributed by atoms with E-state index in [1.54, 1.807) is 0 Å². The molecule has 4 heteroatoms. The molecule has 0 aromatic heterocycles. The van der Waals surface area contributed by atoms with Crippen LogP contribution in [0.5, 0.6) is 0 Å². The van der Waals surface area contributed by atoms with Crippen molar-refractivity contribution >= 4 is 5.84 Å².